The van der Waals surface area contributed by atoms with Crippen molar-refractivity contribution < 1.29 is 19.2 Å². The van der Waals surface area contributed by atoms with E-state index in [4.69, 9.17) is 10.5 Å². The van der Waals surface area contributed by atoms with Gasteiger partial charge >= 0.3 is 5.97 Å². The Kier molecular flexibility index (Phi) is 4.88. The lowest BCUT2D eigenvalue weighted by Gasteiger charge is -2.06. The minimum atomic E-state index is -0.884. The number of rotatable bonds is 5. The molecule has 0 amide bonds. The van der Waals surface area contributed by atoms with Crippen molar-refractivity contribution in [2.45, 2.75) is 0 Å². The summed E-state index contributed by atoms with van der Waals surface area (Å²) in [6.45, 7) is -0.464. The van der Waals surface area contributed by atoms with Crippen molar-refractivity contribution in [2.24, 2.45) is 0 Å². The Labute approximate surface area is 137 Å². The molecule has 2 N–H and O–H groups in total. The van der Waals surface area contributed by atoms with E-state index in [0.29, 0.717) is 4.88 Å². The molecule has 1 heterocycles. The molecular formula is C13H9BrN2O5S. The molecule has 9 heteroatoms. The van der Waals surface area contributed by atoms with E-state index >= 15 is 0 Å². The molecule has 0 atom stereocenters. The highest BCUT2D eigenvalue weighted by Crippen LogP contribution is 2.23. The summed E-state index contributed by atoms with van der Waals surface area (Å²) in [4.78, 5) is 34.2. The van der Waals surface area contributed by atoms with Gasteiger partial charge in [0, 0.05) is 17.8 Å². The minimum Gasteiger partial charge on any atom is -0.454 e. The molecule has 0 fully saturated rings. The van der Waals surface area contributed by atoms with E-state index in [1.54, 1.807) is 12.1 Å². The lowest BCUT2D eigenvalue weighted by Crippen LogP contribution is -2.15. The Bertz CT molecular complexity index is 759. The number of thiophene rings is 1. The van der Waals surface area contributed by atoms with Crippen molar-refractivity contribution in [3.63, 3.8) is 0 Å². The van der Waals surface area contributed by atoms with Gasteiger partial charge in [0.25, 0.3) is 5.69 Å². The summed E-state index contributed by atoms with van der Waals surface area (Å²) in [5, 5.41) is 10.7. The van der Waals surface area contributed by atoms with Crippen LogP contribution in [0.25, 0.3) is 0 Å². The van der Waals surface area contributed by atoms with Crippen molar-refractivity contribution >= 4 is 50.4 Å². The standard InChI is InChI=1S/C13H9BrN2O5S/c14-12-4-3-11(22-12)10(17)6-21-13(18)8-5-7(16(19)20)1-2-9(8)15/h1-5H,6,15H2. The second-order valence-corrected chi connectivity index (χ2v) is 6.59. The summed E-state index contributed by atoms with van der Waals surface area (Å²) >= 11 is 4.44. The second-order valence-electron chi connectivity index (χ2n) is 4.13. The molecule has 1 aromatic heterocycles. The average molecular weight is 385 g/mol. The maximum Gasteiger partial charge on any atom is 0.340 e. The van der Waals surface area contributed by atoms with Crippen LogP contribution in [0.2, 0.25) is 0 Å². The van der Waals surface area contributed by atoms with Crippen molar-refractivity contribution in [3.05, 3.63) is 54.7 Å². The maximum atomic E-state index is 11.9. The predicted octanol–water partition coefficient (Wildman–Crippen LogP) is 3.04. The van der Waals surface area contributed by atoms with Gasteiger partial charge in [-0.05, 0) is 34.1 Å². The quantitative estimate of drug-likeness (QED) is 0.278. The number of nitro groups is 1. The smallest absolute Gasteiger partial charge is 0.340 e. The SMILES string of the molecule is Nc1ccc([N+](=O)[O-])cc1C(=O)OCC(=O)c1ccc(Br)s1. The number of carbonyl (C=O) groups excluding carboxylic acids is 2. The summed E-state index contributed by atoms with van der Waals surface area (Å²) in [7, 11) is 0. The van der Waals surface area contributed by atoms with Crippen LogP contribution in [0.5, 0.6) is 0 Å². The monoisotopic (exact) mass is 384 g/mol. The van der Waals surface area contributed by atoms with Crippen LogP contribution < -0.4 is 5.73 Å². The maximum absolute atomic E-state index is 11.9. The molecular weight excluding hydrogens is 376 g/mol. The summed E-state index contributed by atoms with van der Waals surface area (Å²) < 4.78 is 5.65. The molecule has 0 bridgehead atoms. The van der Waals surface area contributed by atoms with E-state index in [9.17, 15) is 19.7 Å². The third-order valence-electron chi connectivity index (χ3n) is 2.65. The lowest BCUT2D eigenvalue weighted by atomic mass is 10.1. The first-order chi connectivity index (χ1) is 10.4. The van der Waals surface area contributed by atoms with Crippen LogP contribution in [0.4, 0.5) is 11.4 Å². The molecule has 22 heavy (non-hydrogen) atoms. The van der Waals surface area contributed by atoms with Crippen LogP contribution in [-0.2, 0) is 4.74 Å². The Morgan fingerprint density at radius 2 is 2.05 bits per heavy atom. The molecule has 0 aliphatic heterocycles. The van der Waals surface area contributed by atoms with Gasteiger partial charge < -0.3 is 10.5 Å². The van der Waals surface area contributed by atoms with E-state index in [-0.39, 0.29) is 22.7 Å². The number of nitro benzene ring substituents is 1. The number of ketones is 1. The fourth-order valence-electron chi connectivity index (χ4n) is 1.58. The van der Waals surface area contributed by atoms with Gasteiger partial charge in [0.1, 0.15) is 0 Å². The van der Waals surface area contributed by atoms with Crippen molar-refractivity contribution in [2.75, 3.05) is 12.3 Å². The highest BCUT2D eigenvalue weighted by atomic mass is 79.9. The van der Waals surface area contributed by atoms with Crippen LogP contribution in [0, 0.1) is 10.1 Å². The van der Waals surface area contributed by atoms with E-state index in [0.717, 1.165) is 9.85 Å². The first-order valence-electron chi connectivity index (χ1n) is 5.88. The number of esters is 1. The zero-order valence-electron chi connectivity index (χ0n) is 10.9. The van der Waals surface area contributed by atoms with Crippen LogP contribution in [0.3, 0.4) is 0 Å². The van der Waals surface area contributed by atoms with Crippen LogP contribution in [0.15, 0.2) is 34.1 Å². The summed E-state index contributed by atoms with van der Waals surface area (Å²) in [5.74, 6) is -1.25. The van der Waals surface area contributed by atoms with Gasteiger partial charge in [0.15, 0.2) is 6.61 Å². The van der Waals surface area contributed by atoms with Crippen LogP contribution >= 0.6 is 27.3 Å². The van der Waals surface area contributed by atoms with E-state index in [1.165, 1.54) is 23.5 Å². The number of non-ortho nitro benzene ring substituents is 1. The number of ether oxygens (including phenoxy) is 1. The van der Waals surface area contributed by atoms with E-state index in [2.05, 4.69) is 15.9 Å². The summed E-state index contributed by atoms with van der Waals surface area (Å²) in [6.07, 6.45) is 0. The second kappa shape index (κ2) is 6.67. The predicted molar refractivity (Wildman–Crippen MR) is 84.1 cm³/mol. The van der Waals surface area contributed by atoms with Crippen molar-refractivity contribution in [1.82, 2.24) is 0 Å². The number of halogens is 1. The Morgan fingerprint density at radius 3 is 2.64 bits per heavy atom. The van der Waals surface area contributed by atoms with Gasteiger partial charge in [-0.3, -0.25) is 14.9 Å². The van der Waals surface area contributed by atoms with Crippen LogP contribution in [0.1, 0.15) is 20.0 Å². The fourth-order valence-corrected chi connectivity index (χ4v) is 2.89. The van der Waals surface area contributed by atoms with E-state index in [1.807, 2.05) is 0 Å². The minimum absolute atomic E-state index is 0.0434. The zero-order valence-corrected chi connectivity index (χ0v) is 13.3. The molecule has 0 unspecified atom stereocenters. The number of benzene rings is 1. The number of Topliss-reactive ketones (excluding diaryl/α,β-unsaturated/α-hetero) is 1. The number of carbonyl (C=O) groups is 2. The summed E-state index contributed by atoms with van der Waals surface area (Å²) in [6, 6.07) is 6.75. The molecule has 0 saturated heterocycles. The molecule has 1 aromatic carbocycles. The topological polar surface area (TPSA) is 113 Å². The van der Waals surface area contributed by atoms with Crippen LogP contribution in [-0.4, -0.2) is 23.3 Å². The average Bonchev–Trinajstić information content (AvgIpc) is 2.91. The first kappa shape index (κ1) is 16.1. The largest absolute Gasteiger partial charge is 0.454 e. The van der Waals surface area contributed by atoms with Gasteiger partial charge in [0.2, 0.25) is 5.78 Å². The van der Waals surface area contributed by atoms with E-state index < -0.39 is 17.5 Å². The molecule has 114 valence electrons. The van der Waals surface area contributed by atoms with Gasteiger partial charge in [-0.1, -0.05) is 0 Å². The third kappa shape index (κ3) is 3.68. The van der Waals surface area contributed by atoms with Gasteiger partial charge in [-0.25, -0.2) is 4.79 Å². The van der Waals surface area contributed by atoms with Gasteiger partial charge in [-0.15, -0.1) is 11.3 Å². The number of nitrogen functional groups attached to an aromatic ring is 1. The molecule has 0 aliphatic carbocycles. The molecule has 7 nitrogen and oxygen atoms in total. The fraction of sp³-hybridized carbons (Fsp3) is 0.0769. The molecule has 0 aliphatic rings. The van der Waals surface area contributed by atoms with Crippen molar-refractivity contribution in [1.29, 1.82) is 0 Å². The highest BCUT2D eigenvalue weighted by molar-refractivity contribution is 9.11. The van der Waals surface area contributed by atoms with Gasteiger partial charge in [0.05, 0.1) is 19.2 Å². The molecule has 0 spiro atoms. The number of nitrogens with zero attached hydrogens (tertiary/aromatic N) is 1. The number of nitrogens with two attached hydrogens (primary N) is 1. The third-order valence-corrected chi connectivity index (χ3v) is 4.31. The molecule has 2 rings (SSSR count). The first-order valence-corrected chi connectivity index (χ1v) is 7.49. The Hall–Kier alpha value is -2.26. The Morgan fingerprint density at radius 1 is 1.32 bits per heavy atom. The molecule has 0 radical (unpaired) electrons. The number of hydrogen-bond donors (Lipinski definition) is 1. The molecule has 2 aromatic rings. The zero-order chi connectivity index (χ0) is 16.3. The lowest BCUT2D eigenvalue weighted by molar-refractivity contribution is -0.384. The highest BCUT2D eigenvalue weighted by Gasteiger charge is 2.18. The van der Waals surface area contributed by atoms with Gasteiger partial charge in [-0.2, -0.15) is 0 Å². The number of anilines is 1. The number of hydrogen-bond acceptors (Lipinski definition) is 7. The normalized spacial score (nSPS) is 10.2. The molecule has 0 saturated carbocycles. The van der Waals surface area contributed by atoms with Crippen molar-refractivity contribution in [3.8, 4) is 0 Å². The Balaban J connectivity index is 2.08. The summed E-state index contributed by atoms with van der Waals surface area (Å²) in [5.41, 5.74) is 5.22.